The average molecular weight is 420 g/mol. The average Bonchev–Trinajstić information content (AvgIpc) is 3.18. The maximum Gasteiger partial charge on any atom is 0.413 e. The molecule has 3 atom stereocenters. The lowest BCUT2D eigenvalue weighted by atomic mass is 9.85. The molecule has 0 radical (unpaired) electrons. The fraction of sp³-hybridized carbons (Fsp3) is 0.360. The Hall–Kier alpha value is -3.28. The maximum atomic E-state index is 13.2. The highest BCUT2D eigenvalue weighted by atomic mass is 16.6. The first-order chi connectivity index (χ1) is 15.1. The third-order valence-corrected chi connectivity index (χ3v) is 6.10. The Kier molecular flexibility index (Phi) is 6.55. The number of aromatic nitrogens is 1. The van der Waals surface area contributed by atoms with E-state index in [-0.39, 0.29) is 11.9 Å². The monoisotopic (exact) mass is 419 g/mol. The summed E-state index contributed by atoms with van der Waals surface area (Å²) in [6.45, 7) is 2.18. The van der Waals surface area contributed by atoms with Crippen LogP contribution in [0, 0.1) is 5.92 Å². The van der Waals surface area contributed by atoms with Crippen LogP contribution >= 0.6 is 0 Å². The van der Waals surface area contributed by atoms with E-state index < -0.39 is 12.1 Å². The largest absolute Gasteiger partial charge is 0.413 e. The number of nitrogens with one attached hydrogen (secondary N) is 3. The van der Waals surface area contributed by atoms with Gasteiger partial charge in [0.1, 0.15) is 11.8 Å². The molecule has 162 valence electrons. The second-order valence-electron chi connectivity index (χ2n) is 8.34. The molecule has 6 nitrogen and oxygen atoms in total. The number of para-hydroxylation sites is 2. The summed E-state index contributed by atoms with van der Waals surface area (Å²) in [6, 6.07) is 16.2. The van der Waals surface area contributed by atoms with Crippen LogP contribution in [0.2, 0.25) is 0 Å². The number of fused-ring (bicyclic) bond motifs is 1. The van der Waals surface area contributed by atoms with Crippen LogP contribution in [-0.4, -0.2) is 29.1 Å². The lowest BCUT2D eigenvalue weighted by molar-refractivity contribution is -0.124. The normalized spacial score (nSPS) is 19.5. The predicted molar refractivity (Wildman–Crippen MR) is 121 cm³/mol. The molecule has 6 heteroatoms. The number of amides is 2. The summed E-state index contributed by atoms with van der Waals surface area (Å²) in [5, 5.41) is 7.01. The van der Waals surface area contributed by atoms with Crippen LogP contribution in [0.1, 0.15) is 38.2 Å². The van der Waals surface area contributed by atoms with Crippen molar-refractivity contribution in [1.82, 2.24) is 15.6 Å². The first-order valence-electron chi connectivity index (χ1n) is 11.0. The molecule has 3 N–H and O–H groups in total. The Balaban J connectivity index is 1.50. The molecule has 0 saturated heterocycles. The number of carbonyl (C=O) groups is 2. The molecule has 2 aromatic carbocycles. The zero-order chi connectivity index (χ0) is 21.6. The number of hydrogen-bond acceptors (Lipinski definition) is 3. The lowest BCUT2D eigenvalue weighted by Gasteiger charge is -2.31. The number of benzene rings is 2. The second kappa shape index (κ2) is 9.69. The minimum absolute atomic E-state index is 0.138. The molecule has 1 aliphatic rings. The number of aromatic amines is 1. The van der Waals surface area contributed by atoms with Crippen molar-refractivity contribution in [3.8, 4) is 5.75 Å². The van der Waals surface area contributed by atoms with Gasteiger partial charge in [-0.25, -0.2) is 4.79 Å². The third kappa shape index (κ3) is 5.26. The molecule has 1 fully saturated rings. The van der Waals surface area contributed by atoms with Crippen LogP contribution in [0.4, 0.5) is 4.79 Å². The van der Waals surface area contributed by atoms with Gasteiger partial charge in [-0.15, -0.1) is 0 Å². The van der Waals surface area contributed by atoms with E-state index in [1.807, 2.05) is 36.5 Å². The molecule has 0 unspecified atom stereocenters. The number of carbonyl (C=O) groups excluding carboxylic acids is 2. The lowest BCUT2D eigenvalue weighted by Crippen LogP contribution is -2.53. The van der Waals surface area contributed by atoms with Gasteiger partial charge in [0.15, 0.2) is 0 Å². The summed E-state index contributed by atoms with van der Waals surface area (Å²) in [7, 11) is 0. The highest BCUT2D eigenvalue weighted by Crippen LogP contribution is 2.24. The highest BCUT2D eigenvalue weighted by molar-refractivity contribution is 5.88. The van der Waals surface area contributed by atoms with E-state index in [1.165, 1.54) is 6.42 Å². The summed E-state index contributed by atoms with van der Waals surface area (Å²) in [5.74, 6) is 0.698. The molecule has 1 saturated carbocycles. The van der Waals surface area contributed by atoms with Gasteiger partial charge in [-0.2, -0.15) is 0 Å². The SMILES string of the molecule is C[C@@H]1CCCC[C@@H]1NC(=O)[C@H](Cc1c[nH]c2ccccc12)NC(=O)Oc1ccccc1. The van der Waals surface area contributed by atoms with Gasteiger partial charge < -0.3 is 20.4 Å². The molecule has 4 rings (SSSR count). The van der Waals surface area contributed by atoms with Crippen molar-refractivity contribution in [3.63, 3.8) is 0 Å². The van der Waals surface area contributed by atoms with Gasteiger partial charge in [0.05, 0.1) is 0 Å². The summed E-state index contributed by atoms with van der Waals surface area (Å²) in [5.41, 5.74) is 1.98. The number of rotatable bonds is 6. The smallest absolute Gasteiger partial charge is 0.410 e. The van der Waals surface area contributed by atoms with Crippen LogP contribution < -0.4 is 15.4 Å². The standard InChI is InChI=1S/C25H29N3O3/c1-17-9-5-7-13-21(17)27-24(29)23(28-25(30)31-19-10-3-2-4-11-19)15-18-16-26-22-14-8-6-12-20(18)22/h2-4,6,8,10-12,14,16-17,21,23,26H,5,7,9,13,15H2,1H3,(H,27,29)(H,28,30)/t17-,21+,23+/m1/s1. The second-order valence-corrected chi connectivity index (χ2v) is 8.34. The molecular weight excluding hydrogens is 390 g/mol. The zero-order valence-corrected chi connectivity index (χ0v) is 17.8. The number of ether oxygens (including phenoxy) is 1. The first kappa shape index (κ1) is 21.0. The van der Waals surface area contributed by atoms with Gasteiger partial charge in [0, 0.05) is 29.6 Å². The topological polar surface area (TPSA) is 83.2 Å². The highest BCUT2D eigenvalue weighted by Gasteiger charge is 2.28. The Bertz CT molecular complexity index is 1030. The maximum absolute atomic E-state index is 13.2. The molecule has 1 aliphatic carbocycles. The van der Waals surface area contributed by atoms with Gasteiger partial charge in [0.25, 0.3) is 0 Å². The van der Waals surface area contributed by atoms with E-state index >= 15 is 0 Å². The van der Waals surface area contributed by atoms with Crippen LogP contribution in [0.5, 0.6) is 5.75 Å². The molecule has 0 spiro atoms. The molecule has 3 aromatic rings. The minimum Gasteiger partial charge on any atom is -0.410 e. The zero-order valence-electron chi connectivity index (χ0n) is 17.8. The molecule has 31 heavy (non-hydrogen) atoms. The Morgan fingerprint density at radius 3 is 2.61 bits per heavy atom. The van der Waals surface area contributed by atoms with Crippen LogP contribution in [-0.2, 0) is 11.2 Å². The van der Waals surface area contributed by atoms with Crippen molar-refractivity contribution >= 4 is 22.9 Å². The fourth-order valence-corrected chi connectivity index (χ4v) is 4.31. The first-order valence-corrected chi connectivity index (χ1v) is 11.0. The van der Waals surface area contributed by atoms with Crippen LogP contribution in [0.25, 0.3) is 10.9 Å². The summed E-state index contributed by atoms with van der Waals surface area (Å²) in [6.07, 6.45) is 6.05. The predicted octanol–water partition coefficient (Wildman–Crippen LogP) is 4.56. The van der Waals surface area contributed by atoms with Crippen LogP contribution in [0.15, 0.2) is 60.8 Å². The molecule has 0 aliphatic heterocycles. The van der Waals surface area contributed by atoms with E-state index in [1.54, 1.807) is 24.3 Å². The summed E-state index contributed by atoms with van der Waals surface area (Å²) in [4.78, 5) is 29.0. The van der Waals surface area contributed by atoms with Gasteiger partial charge in [-0.1, -0.05) is 56.2 Å². The molecule has 1 heterocycles. The Morgan fingerprint density at radius 2 is 1.81 bits per heavy atom. The molecule has 1 aromatic heterocycles. The van der Waals surface area contributed by atoms with Gasteiger partial charge in [0.2, 0.25) is 5.91 Å². The quantitative estimate of drug-likeness (QED) is 0.548. The minimum atomic E-state index is -0.732. The Morgan fingerprint density at radius 1 is 1.06 bits per heavy atom. The van der Waals surface area contributed by atoms with Gasteiger partial charge in [-0.05, 0) is 42.5 Å². The van der Waals surface area contributed by atoms with Crippen LogP contribution in [0.3, 0.4) is 0 Å². The Labute approximate surface area is 182 Å². The van der Waals surface area contributed by atoms with Crippen molar-refractivity contribution in [1.29, 1.82) is 0 Å². The van der Waals surface area contributed by atoms with Crippen molar-refractivity contribution in [2.75, 3.05) is 0 Å². The summed E-state index contributed by atoms with van der Waals surface area (Å²) >= 11 is 0. The number of H-pyrrole nitrogens is 1. The van der Waals surface area contributed by atoms with Gasteiger partial charge in [-0.3, -0.25) is 4.79 Å². The van der Waals surface area contributed by atoms with E-state index in [4.69, 9.17) is 4.74 Å². The third-order valence-electron chi connectivity index (χ3n) is 6.10. The fourth-order valence-electron chi connectivity index (χ4n) is 4.31. The van der Waals surface area contributed by atoms with E-state index in [2.05, 4.69) is 22.5 Å². The molecule has 0 bridgehead atoms. The molecule has 2 amide bonds. The summed E-state index contributed by atoms with van der Waals surface area (Å²) < 4.78 is 5.37. The molecular formula is C25H29N3O3. The van der Waals surface area contributed by atoms with Crippen molar-refractivity contribution in [2.45, 2.75) is 51.1 Å². The van der Waals surface area contributed by atoms with Crippen molar-refractivity contribution in [3.05, 3.63) is 66.4 Å². The van der Waals surface area contributed by atoms with E-state index in [0.29, 0.717) is 18.1 Å². The van der Waals surface area contributed by atoms with E-state index in [0.717, 1.165) is 35.7 Å². The van der Waals surface area contributed by atoms with Crippen molar-refractivity contribution in [2.24, 2.45) is 5.92 Å². The van der Waals surface area contributed by atoms with Crippen molar-refractivity contribution < 1.29 is 14.3 Å². The van der Waals surface area contributed by atoms with Gasteiger partial charge >= 0.3 is 6.09 Å². The number of hydrogen-bond donors (Lipinski definition) is 3. The van der Waals surface area contributed by atoms with E-state index in [9.17, 15) is 9.59 Å².